The van der Waals surface area contributed by atoms with E-state index in [-0.39, 0.29) is 23.3 Å². The Morgan fingerprint density at radius 1 is 1.06 bits per heavy atom. The number of alkyl halides is 3. The molecule has 3 aromatic rings. The van der Waals surface area contributed by atoms with Crippen molar-refractivity contribution in [1.82, 2.24) is 19.9 Å². The number of aromatic nitrogens is 2. The summed E-state index contributed by atoms with van der Waals surface area (Å²) < 4.78 is 57.6. The quantitative estimate of drug-likeness (QED) is 0.544. The average molecular weight is 477 g/mol. The molecule has 1 amide bonds. The topological polar surface area (TPSA) is 88.5 Å². The Balaban J connectivity index is 1.43. The molecule has 0 spiro atoms. The van der Waals surface area contributed by atoms with Gasteiger partial charge in [-0.2, -0.15) is 18.2 Å². The van der Waals surface area contributed by atoms with Gasteiger partial charge in [0.05, 0.1) is 11.6 Å². The maximum atomic E-state index is 13.3. The number of carbonyl (C=O) groups is 1. The number of hydrogen-bond acceptors (Lipinski definition) is 6. The lowest BCUT2D eigenvalue weighted by Crippen LogP contribution is -2.50. The summed E-state index contributed by atoms with van der Waals surface area (Å²) in [5.41, 5.74) is 5.68. The molecule has 0 saturated carbocycles. The smallest absolute Gasteiger partial charge is 0.368 e. The molecule has 7 nitrogen and oxygen atoms in total. The molecule has 2 heterocycles. The molecule has 0 radical (unpaired) electrons. The number of amides is 1. The number of halogens is 4. The standard InChI is InChI=1S/C23H23F4N5O2/c1-14(22-29-21(30-34-22)16-3-2-4-17(13-16)23(25,26)27)31-9-11-32(12-10-31)19(20(28)33)15-5-7-18(24)8-6-15/h2-8,13-14,19H,9-12H2,1H3,(H2,28,33). The van der Waals surface area contributed by atoms with Crippen molar-refractivity contribution in [2.24, 2.45) is 5.73 Å². The first-order valence-electron chi connectivity index (χ1n) is 10.7. The van der Waals surface area contributed by atoms with E-state index < -0.39 is 29.5 Å². The summed E-state index contributed by atoms with van der Waals surface area (Å²) >= 11 is 0. The van der Waals surface area contributed by atoms with E-state index in [0.29, 0.717) is 31.7 Å². The molecule has 11 heteroatoms. The van der Waals surface area contributed by atoms with E-state index in [1.165, 1.54) is 24.3 Å². The number of hydrogen-bond donors (Lipinski definition) is 1. The van der Waals surface area contributed by atoms with Crippen molar-refractivity contribution in [2.75, 3.05) is 26.2 Å². The molecule has 1 aromatic heterocycles. The van der Waals surface area contributed by atoms with E-state index in [0.717, 1.165) is 12.1 Å². The van der Waals surface area contributed by atoms with Gasteiger partial charge >= 0.3 is 6.18 Å². The maximum Gasteiger partial charge on any atom is 0.416 e. The molecule has 2 N–H and O–H groups in total. The van der Waals surface area contributed by atoms with E-state index in [9.17, 15) is 22.4 Å². The van der Waals surface area contributed by atoms with E-state index in [1.54, 1.807) is 12.1 Å². The lowest BCUT2D eigenvalue weighted by atomic mass is 10.0. The summed E-state index contributed by atoms with van der Waals surface area (Å²) in [4.78, 5) is 20.4. The van der Waals surface area contributed by atoms with Crippen LogP contribution in [0, 0.1) is 5.82 Å². The van der Waals surface area contributed by atoms with Gasteiger partial charge in [-0.15, -0.1) is 0 Å². The van der Waals surface area contributed by atoms with Crippen LogP contribution in [0.15, 0.2) is 53.1 Å². The number of primary amides is 1. The van der Waals surface area contributed by atoms with Crippen LogP contribution in [-0.2, 0) is 11.0 Å². The second-order valence-electron chi connectivity index (χ2n) is 8.14. The van der Waals surface area contributed by atoms with Gasteiger partial charge in [-0.3, -0.25) is 14.6 Å². The van der Waals surface area contributed by atoms with Crippen molar-refractivity contribution in [3.8, 4) is 11.4 Å². The molecule has 4 rings (SSSR count). The second-order valence-corrected chi connectivity index (χ2v) is 8.14. The fourth-order valence-corrected chi connectivity index (χ4v) is 4.10. The number of benzene rings is 2. The van der Waals surface area contributed by atoms with Crippen molar-refractivity contribution in [2.45, 2.75) is 25.2 Å². The molecule has 1 aliphatic rings. The number of nitrogens with two attached hydrogens (primary N) is 1. The number of piperazine rings is 1. The highest BCUT2D eigenvalue weighted by atomic mass is 19.4. The van der Waals surface area contributed by atoms with Crippen LogP contribution in [-0.4, -0.2) is 52.0 Å². The van der Waals surface area contributed by atoms with Crippen molar-refractivity contribution in [3.63, 3.8) is 0 Å². The molecule has 34 heavy (non-hydrogen) atoms. The predicted octanol–water partition coefficient (Wildman–Crippen LogP) is 3.80. The van der Waals surface area contributed by atoms with Crippen molar-refractivity contribution >= 4 is 5.91 Å². The Hall–Kier alpha value is -3.31. The summed E-state index contributed by atoms with van der Waals surface area (Å²) in [6, 6.07) is 9.49. The second kappa shape index (κ2) is 9.51. The number of nitrogens with zero attached hydrogens (tertiary/aromatic N) is 4. The molecule has 2 atom stereocenters. The third kappa shape index (κ3) is 5.10. The van der Waals surface area contributed by atoms with Crippen LogP contribution in [0.2, 0.25) is 0 Å². The minimum atomic E-state index is -4.47. The van der Waals surface area contributed by atoms with E-state index >= 15 is 0 Å². The van der Waals surface area contributed by atoms with E-state index in [4.69, 9.17) is 10.3 Å². The molecule has 1 aliphatic heterocycles. The van der Waals surface area contributed by atoms with Crippen molar-refractivity contribution in [3.05, 3.63) is 71.4 Å². The average Bonchev–Trinajstić information content (AvgIpc) is 3.30. The van der Waals surface area contributed by atoms with Gasteiger partial charge in [-0.25, -0.2) is 4.39 Å². The Kier molecular flexibility index (Phi) is 6.67. The minimum Gasteiger partial charge on any atom is -0.368 e. The zero-order valence-electron chi connectivity index (χ0n) is 18.3. The van der Waals surface area contributed by atoms with Gasteiger partial charge in [0.15, 0.2) is 0 Å². The highest BCUT2D eigenvalue weighted by Gasteiger charge is 2.33. The maximum absolute atomic E-state index is 13.3. The van der Waals surface area contributed by atoms with Gasteiger partial charge in [0.1, 0.15) is 11.9 Å². The first-order chi connectivity index (χ1) is 16.1. The van der Waals surface area contributed by atoms with E-state index in [2.05, 4.69) is 15.0 Å². The molecular formula is C23H23F4N5O2. The van der Waals surface area contributed by atoms with Gasteiger partial charge in [-0.1, -0.05) is 29.4 Å². The predicted molar refractivity (Wildman–Crippen MR) is 115 cm³/mol. The van der Waals surface area contributed by atoms with Crippen LogP contribution in [0.4, 0.5) is 17.6 Å². The normalized spacial score (nSPS) is 17.4. The monoisotopic (exact) mass is 477 g/mol. The van der Waals surface area contributed by atoms with Crippen LogP contribution in [0.3, 0.4) is 0 Å². The molecular weight excluding hydrogens is 454 g/mol. The summed E-state index contributed by atoms with van der Waals surface area (Å²) in [5, 5.41) is 3.86. The third-order valence-electron chi connectivity index (χ3n) is 5.96. The Morgan fingerprint density at radius 3 is 2.32 bits per heavy atom. The van der Waals surface area contributed by atoms with Crippen LogP contribution in [0.1, 0.15) is 36.0 Å². The Bertz CT molecular complexity index is 1140. The fourth-order valence-electron chi connectivity index (χ4n) is 4.10. The molecule has 1 fully saturated rings. The van der Waals surface area contributed by atoms with Crippen LogP contribution >= 0.6 is 0 Å². The summed E-state index contributed by atoms with van der Waals surface area (Å²) in [6.07, 6.45) is -4.47. The largest absolute Gasteiger partial charge is 0.416 e. The van der Waals surface area contributed by atoms with Crippen LogP contribution < -0.4 is 5.73 Å². The van der Waals surface area contributed by atoms with Crippen molar-refractivity contribution in [1.29, 1.82) is 0 Å². The summed E-state index contributed by atoms with van der Waals surface area (Å²) in [5.74, 6) is -0.548. The van der Waals surface area contributed by atoms with E-state index in [1.807, 2.05) is 11.8 Å². The van der Waals surface area contributed by atoms with Gasteiger partial charge < -0.3 is 10.3 Å². The third-order valence-corrected chi connectivity index (χ3v) is 5.96. The molecule has 2 aromatic carbocycles. The first-order valence-corrected chi connectivity index (χ1v) is 10.7. The first kappa shape index (κ1) is 23.8. The molecule has 180 valence electrons. The molecule has 0 bridgehead atoms. The molecule has 1 saturated heterocycles. The van der Waals surface area contributed by atoms with Crippen molar-refractivity contribution < 1.29 is 26.9 Å². The van der Waals surface area contributed by atoms with Gasteiger partial charge in [0.25, 0.3) is 0 Å². The van der Waals surface area contributed by atoms with Crippen LogP contribution in [0.5, 0.6) is 0 Å². The summed E-state index contributed by atoms with van der Waals surface area (Å²) in [6.45, 7) is 4.03. The molecule has 2 unspecified atom stereocenters. The molecule has 0 aliphatic carbocycles. The fraction of sp³-hybridized carbons (Fsp3) is 0.348. The lowest BCUT2D eigenvalue weighted by Gasteiger charge is -2.39. The Labute approximate surface area is 193 Å². The zero-order chi connectivity index (χ0) is 24.5. The highest BCUT2D eigenvalue weighted by molar-refractivity contribution is 5.81. The Morgan fingerprint density at radius 2 is 1.71 bits per heavy atom. The highest BCUT2D eigenvalue weighted by Crippen LogP contribution is 2.32. The summed E-state index contributed by atoms with van der Waals surface area (Å²) in [7, 11) is 0. The lowest BCUT2D eigenvalue weighted by molar-refractivity contribution is -0.137. The zero-order valence-corrected chi connectivity index (χ0v) is 18.3. The van der Waals surface area contributed by atoms with Crippen LogP contribution in [0.25, 0.3) is 11.4 Å². The number of carbonyl (C=O) groups excluding carboxylic acids is 1. The number of rotatable bonds is 6. The van der Waals surface area contributed by atoms with Gasteiger partial charge in [0, 0.05) is 31.7 Å². The minimum absolute atomic E-state index is 0.0803. The van der Waals surface area contributed by atoms with Gasteiger partial charge in [-0.05, 0) is 36.8 Å². The SMILES string of the molecule is CC(c1nc(-c2cccc(C(F)(F)F)c2)no1)N1CCN(C(C(N)=O)c2ccc(F)cc2)CC1. The van der Waals surface area contributed by atoms with Gasteiger partial charge in [0.2, 0.25) is 17.6 Å².